The topological polar surface area (TPSA) is 94.1 Å². The maximum Gasteiger partial charge on any atom is 0.184 e. The standard InChI is InChI=1S/C14H20N4O2S/c15-14(21)17-16-8-10-4-5-12(19)11(13(10)20)9-18-6-2-1-3-7-18/h4-5,8,19-20H,1-3,6-7,9H2,(H3,15,17,21)/b16-8+. The Balaban J connectivity index is 2.15. The third-order valence-electron chi connectivity index (χ3n) is 3.50. The summed E-state index contributed by atoms with van der Waals surface area (Å²) >= 11 is 4.64. The number of piperidine rings is 1. The van der Waals surface area contributed by atoms with Crippen LogP contribution in [0.2, 0.25) is 0 Å². The van der Waals surface area contributed by atoms with E-state index in [9.17, 15) is 10.2 Å². The second kappa shape index (κ2) is 7.24. The number of nitrogens with two attached hydrogens (primary N) is 1. The summed E-state index contributed by atoms with van der Waals surface area (Å²) < 4.78 is 0. The van der Waals surface area contributed by atoms with Crippen molar-refractivity contribution >= 4 is 23.5 Å². The minimum absolute atomic E-state index is 0.0362. The van der Waals surface area contributed by atoms with Crippen molar-refractivity contribution in [1.82, 2.24) is 10.3 Å². The average Bonchev–Trinajstić information content (AvgIpc) is 2.47. The first-order chi connectivity index (χ1) is 10.1. The number of rotatable bonds is 4. The monoisotopic (exact) mass is 308 g/mol. The van der Waals surface area contributed by atoms with Gasteiger partial charge >= 0.3 is 0 Å². The quantitative estimate of drug-likeness (QED) is 0.380. The van der Waals surface area contributed by atoms with Crippen molar-refractivity contribution in [1.29, 1.82) is 0 Å². The second-order valence-electron chi connectivity index (χ2n) is 5.07. The summed E-state index contributed by atoms with van der Waals surface area (Å²) in [4.78, 5) is 2.23. The fraction of sp³-hybridized carbons (Fsp3) is 0.429. The molecule has 1 aromatic carbocycles. The molecule has 1 aliphatic heterocycles. The molecule has 0 radical (unpaired) electrons. The van der Waals surface area contributed by atoms with Gasteiger partial charge in [-0.15, -0.1) is 0 Å². The van der Waals surface area contributed by atoms with E-state index in [1.807, 2.05) is 0 Å². The molecule has 1 saturated heterocycles. The van der Waals surface area contributed by atoms with E-state index in [0.29, 0.717) is 17.7 Å². The lowest BCUT2D eigenvalue weighted by molar-refractivity contribution is 0.216. The highest BCUT2D eigenvalue weighted by molar-refractivity contribution is 7.80. The van der Waals surface area contributed by atoms with E-state index in [1.54, 1.807) is 12.1 Å². The van der Waals surface area contributed by atoms with Crippen LogP contribution in [-0.4, -0.2) is 39.5 Å². The Morgan fingerprint density at radius 2 is 2.05 bits per heavy atom. The number of phenols is 2. The predicted molar refractivity (Wildman–Crippen MR) is 86.4 cm³/mol. The van der Waals surface area contributed by atoms with Crippen LogP contribution >= 0.6 is 12.2 Å². The highest BCUT2D eigenvalue weighted by Crippen LogP contribution is 2.31. The van der Waals surface area contributed by atoms with Crippen LogP contribution in [0.25, 0.3) is 0 Å². The molecule has 0 unspecified atom stereocenters. The maximum absolute atomic E-state index is 10.3. The van der Waals surface area contributed by atoms with Crippen LogP contribution in [0.15, 0.2) is 17.2 Å². The molecule has 6 nitrogen and oxygen atoms in total. The highest BCUT2D eigenvalue weighted by Gasteiger charge is 2.17. The largest absolute Gasteiger partial charge is 0.507 e. The number of likely N-dealkylation sites (tertiary alicyclic amines) is 1. The zero-order valence-electron chi connectivity index (χ0n) is 11.7. The Morgan fingerprint density at radius 1 is 1.33 bits per heavy atom. The van der Waals surface area contributed by atoms with Gasteiger partial charge in [0.25, 0.3) is 0 Å². The summed E-state index contributed by atoms with van der Waals surface area (Å²) in [5, 5.41) is 24.1. The van der Waals surface area contributed by atoms with Gasteiger partial charge in [-0.2, -0.15) is 5.10 Å². The second-order valence-corrected chi connectivity index (χ2v) is 5.51. The fourth-order valence-corrected chi connectivity index (χ4v) is 2.46. The first-order valence-corrected chi connectivity index (χ1v) is 7.33. The van der Waals surface area contributed by atoms with E-state index in [4.69, 9.17) is 5.73 Å². The molecule has 2 rings (SSSR count). The lowest BCUT2D eigenvalue weighted by Gasteiger charge is -2.27. The zero-order chi connectivity index (χ0) is 15.2. The molecule has 1 aromatic rings. The molecular weight excluding hydrogens is 288 g/mol. The molecule has 0 bridgehead atoms. The first kappa shape index (κ1) is 15.5. The number of hydrazone groups is 1. The van der Waals surface area contributed by atoms with Crippen molar-refractivity contribution in [2.75, 3.05) is 13.1 Å². The summed E-state index contributed by atoms with van der Waals surface area (Å²) in [6.07, 6.45) is 4.97. The zero-order valence-corrected chi connectivity index (χ0v) is 12.6. The van der Waals surface area contributed by atoms with E-state index in [1.165, 1.54) is 12.6 Å². The third kappa shape index (κ3) is 4.30. The predicted octanol–water partition coefficient (Wildman–Crippen LogP) is 1.25. The molecule has 0 aliphatic carbocycles. The van der Waals surface area contributed by atoms with Crippen LogP contribution in [-0.2, 0) is 6.54 Å². The molecule has 0 spiro atoms. The van der Waals surface area contributed by atoms with Crippen molar-refractivity contribution in [3.8, 4) is 11.5 Å². The first-order valence-electron chi connectivity index (χ1n) is 6.92. The average molecular weight is 308 g/mol. The SMILES string of the molecule is NC(=S)N/N=C/c1ccc(O)c(CN2CCCCC2)c1O. The van der Waals surface area contributed by atoms with Gasteiger partial charge in [-0.25, -0.2) is 0 Å². The summed E-state index contributed by atoms with van der Waals surface area (Å²) in [6.45, 7) is 2.50. The molecule has 0 saturated carbocycles. The van der Waals surface area contributed by atoms with Crippen LogP contribution in [0, 0.1) is 0 Å². The van der Waals surface area contributed by atoms with E-state index in [0.717, 1.165) is 25.9 Å². The number of benzene rings is 1. The van der Waals surface area contributed by atoms with Gasteiger partial charge in [0.15, 0.2) is 5.11 Å². The van der Waals surface area contributed by atoms with Crippen molar-refractivity contribution in [3.63, 3.8) is 0 Å². The highest BCUT2D eigenvalue weighted by atomic mass is 32.1. The van der Waals surface area contributed by atoms with Crippen LogP contribution in [0.4, 0.5) is 0 Å². The van der Waals surface area contributed by atoms with E-state index < -0.39 is 0 Å². The summed E-state index contributed by atoms with van der Waals surface area (Å²) in [7, 11) is 0. The minimum Gasteiger partial charge on any atom is -0.507 e. The third-order valence-corrected chi connectivity index (χ3v) is 3.59. The molecular formula is C14H20N4O2S. The molecule has 114 valence electrons. The Kier molecular flexibility index (Phi) is 5.35. The Bertz CT molecular complexity index is 542. The maximum atomic E-state index is 10.3. The lowest BCUT2D eigenvalue weighted by atomic mass is 10.1. The van der Waals surface area contributed by atoms with Gasteiger partial charge in [0, 0.05) is 12.1 Å². The number of hydrogen-bond donors (Lipinski definition) is 4. The molecule has 1 aliphatic rings. The van der Waals surface area contributed by atoms with E-state index in [2.05, 4.69) is 27.6 Å². The van der Waals surface area contributed by atoms with Crippen LogP contribution in [0.5, 0.6) is 11.5 Å². The Hall–Kier alpha value is -1.86. The lowest BCUT2D eigenvalue weighted by Crippen LogP contribution is -2.29. The minimum atomic E-state index is 0.0362. The van der Waals surface area contributed by atoms with Gasteiger partial charge in [-0.1, -0.05) is 6.42 Å². The van der Waals surface area contributed by atoms with Crippen molar-refractivity contribution in [3.05, 3.63) is 23.3 Å². The van der Waals surface area contributed by atoms with Gasteiger partial charge in [-0.05, 0) is 50.3 Å². The summed E-state index contributed by atoms with van der Waals surface area (Å²) in [5.74, 6) is 0.131. The van der Waals surface area contributed by atoms with Crippen molar-refractivity contribution < 1.29 is 10.2 Å². The summed E-state index contributed by atoms with van der Waals surface area (Å²) in [6, 6.07) is 3.15. The van der Waals surface area contributed by atoms with Crippen LogP contribution in [0.1, 0.15) is 30.4 Å². The van der Waals surface area contributed by atoms with Gasteiger partial charge in [0.1, 0.15) is 11.5 Å². The number of nitrogens with one attached hydrogen (secondary N) is 1. The normalized spacial score (nSPS) is 16.2. The Morgan fingerprint density at radius 3 is 2.71 bits per heavy atom. The molecule has 0 amide bonds. The number of hydrogen-bond acceptors (Lipinski definition) is 5. The summed E-state index contributed by atoms with van der Waals surface area (Å²) in [5.41, 5.74) is 8.73. The van der Waals surface area contributed by atoms with E-state index in [-0.39, 0.29) is 16.6 Å². The number of aromatic hydroxyl groups is 2. The number of nitrogens with zero attached hydrogens (tertiary/aromatic N) is 2. The van der Waals surface area contributed by atoms with Gasteiger partial charge in [0.05, 0.1) is 11.8 Å². The van der Waals surface area contributed by atoms with Crippen LogP contribution < -0.4 is 11.2 Å². The smallest absolute Gasteiger partial charge is 0.184 e. The number of phenolic OH excluding ortho intramolecular Hbond substituents is 2. The van der Waals surface area contributed by atoms with Gasteiger partial charge in [-0.3, -0.25) is 10.3 Å². The van der Waals surface area contributed by atoms with Crippen molar-refractivity contribution in [2.45, 2.75) is 25.8 Å². The molecule has 5 N–H and O–H groups in total. The number of thiocarbonyl (C=S) groups is 1. The van der Waals surface area contributed by atoms with Crippen LogP contribution in [0.3, 0.4) is 0 Å². The molecule has 7 heteroatoms. The van der Waals surface area contributed by atoms with Gasteiger partial charge < -0.3 is 15.9 Å². The molecule has 0 aromatic heterocycles. The Labute approximate surface area is 129 Å². The molecule has 0 atom stereocenters. The molecule has 21 heavy (non-hydrogen) atoms. The van der Waals surface area contributed by atoms with E-state index >= 15 is 0 Å². The fourth-order valence-electron chi connectivity index (χ4n) is 2.41. The van der Waals surface area contributed by atoms with Gasteiger partial charge in [0.2, 0.25) is 0 Å². The molecule has 1 heterocycles. The van der Waals surface area contributed by atoms with Crippen molar-refractivity contribution in [2.24, 2.45) is 10.8 Å². The molecule has 1 fully saturated rings.